The van der Waals surface area contributed by atoms with Crippen molar-refractivity contribution in [3.8, 4) is 0 Å². The number of hydrogen-bond acceptors (Lipinski definition) is 4. The molecule has 0 bridgehead atoms. The number of nitrogens with one attached hydrogen (secondary N) is 1. The largest absolute Gasteiger partial charge is 0.368 e. The first-order chi connectivity index (χ1) is 12.2. The van der Waals surface area contributed by atoms with Crippen molar-refractivity contribution in [1.29, 1.82) is 0 Å². The van der Waals surface area contributed by atoms with Crippen LogP contribution in [0, 0.1) is 0 Å². The maximum atomic E-state index is 13.1. The standard InChI is InChI=1S/C19H27N3O3.ClH/c1-25-19(8-10-20-11-9-19)18(24)22-13-5-12-21(14-15-22)17(23)16-6-3-2-4-7-16;/h2-4,6-7,20H,5,8-15H2,1H3;1H. The molecule has 0 saturated carbocycles. The lowest BCUT2D eigenvalue weighted by molar-refractivity contribution is -0.158. The van der Waals surface area contributed by atoms with Crippen LogP contribution in [0.1, 0.15) is 29.6 Å². The second kappa shape index (κ2) is 9.35. The Balaban J connectivity index is 0.00000243. The fourth-order valence-electron chi connectivity index (χ4n) is 3.71. The SMILES string of the molecule is COC1(C(=O)N2CCCN(C(=O)c3ccccc3)CC2)CCNCC1.Cl. The molecule has 6 nitrogen and oxygen atoms in total. The van der Waals surface area contributed by atoms with E-state index in [1.807, 2.05) is 40.1 Å². The summed E-state index contributed by atoms with van der Waals surface area (Å²) in [4.78, 5) is 29.4. The summed E-state index contributed by atoms with van der Waals surface area (Å²) in [5.41, 5.74) is -0.00173. The second-order valence-corrected chi connectivity index (χ2v) is 6.75. The lowest BCUT2D eigenvalue weighted by Crippen LogP contribution is -2.56. The Labute approximate surface area is 161 Å². The van der Waals surface area contributed by atoms with Crippen molar-refractivity contribution < 1.29 is 14.3 Å². The molecular formula is C19H28ClN3O3. The van der Waals surface area contributed by atoms with Crippen LogP contribution in [0.5, 0.6) is 0 Å². The predicted molar refractivity (Wildman–Crippen MR) is 103 cm³/mol. The molecule has 0 spiro atoms. The zero-order valence-electron chi connectivity index (χ0n) is 15.3. The number of piperidine rings is 1. The first-order valence-electron chi connectivity index (χ1n) is 9.06. The summed E-state index contributed by atoms with van der Waals surface area (Å²) in [6.07, 6.45) is 2.19. The maximum Gasteiger partial charge on any atom is 0.254 e. The van der Waals surface area contributed by atoms with Gasteiger partial charge in [-0.2, -0.15) is 0 Å². The zero-order valence-corrected chi connectivity index (χ0v) is 16.1. The molecule has 2 aliphatic heterocycles. The van der Waals surface area contributed by atoms with Crippen LogP contribution in [0.15, 0.2) is 30.3 Å². The molecule has 0 aliphatic carbocycles. The first-order valence-corrected chi connectivity index (χ1v) is 9.06. The molecule has 2 amide bonds. The third-order valence-electron chi connectivity index (χ3n) is 5.28. The van der Waals surface area contributed by atoms with Crippen molar-refractivity contribution >= 4 is 24.2 Å². The van der Waals surface area contributed by atoms with Gasteiger partial charge in [0.1, 0.15) is 5.60 Å². The van der Waals surface area contributed by atoms with Gasteiger partial charge in [-0.3, -0.25) is 9.59 Å². The number of nitrogens with zero attached hydrogens (tertiary/aromatic N) is 2. The highest BCUT2D eigenvalue weighted by molar-refractivity contribution is 5.94. The quantitative estimate of drug-likeness (QED) is 0.863. The molecule has 26 heavy (non-hydrogen) atoms. The van der Waals surface area contributed by atoms with Gasteiger partial charge >= 0.3 is 0 Å². The molecule has 1 aromatic carbocycles. The monoisotopic (exact) mass is 381 g/mol. The van der Waals surface area contributed by atoms with E-state index in [1.54, 1.807) is 7.11 Å². The number of hydrogen-bond donors (Lipinski definition) is 1. The van der Waals surface area contributed by atoms with Crippen LogP contribution in [0.4, 0.5) is 0 Å². The van der Waals surface area contributed by atoms with Gasteiger partial charge in [-0.05, 0) is 44.5 Å². The number of amides is 2. The van der Waals surface area contributed by atoms with Gasteiger partial charge in [0.25, 0.3) is 11.8 Å². The molecule has 0 unspecified atom stereocenters. The molecule has 0 radical (unpaired) electrons. The van der Waals surface area contributed by atoms with Crippen molar-refractivity contribution in [2.45, 2.75) is 24.9 Å². The van der Waals surface area contributed by atoms with Gasteiger partial charge in [0, 0.05) is 38.9 Å². The van der Waals surface area contributed by atoms with E-state index in [2.05, 4.69) is 5.32 Å². The van der Waals surface area contributed by atoms with Gasteiger partial charge in [0.2, 0.25) is 0 Å². The Morgan fingerprint density at radius 3 is 2.27 bits per heavy atom. The minimum Gasteiger partial charge on any atom is -0.368 e. The number of carbonyl (C=O) groups excluding carboxylic acids is 2. The maximum absolute atomic E-state index is 13.1. The summed E-state index contributed by atoms with van der Waals surface area (Å²) in [6.45, 7) is 4.08. The molecule has 0 aromatic heterocycles. The van der Waals surface area contributed by atoms with E-state index in [-0.39, 0.29) is 24.2 Å². The third-order valence-corrected chi connectivity index (χ3v) is 5.28. The third kappa shape index (κ3) is 4.37. The smallest absolute Gasteiger partial charge is 0.254 e. The van der Waals surface area contributed by atoms with Crippen molar-refractivity contribution in [1.82, 2.24) is 15.1 Å². The fourth-order valence-corrected chi connectivity index (χ4v) is 3.71. The van der Waals surface area contributed by atoms with Gasteiger partial charge in [0.05, 0.1) is 0 Å². The van der Waals surface area contributed by atoms with E-state index in [0.717, 1.165) is 19.5 Å². The molecule has 7 heteroatoms. The van der Waals surface area contributed by atoms with E-state index in [9.17, 15) is 9.59 Å². The highest BCUT2D eigenvalue weighted by atomic mass is 35.5. The molecule has 3 rings (SSSR count). The average molecular weight is 382 g/mol. The van der Waals surface area contributed by atoms with Gasteiger partial charge in [-0.25, -0.2) is 0 Å². The van der Waals surface area contributed by atoms with Crippen LogP contribution in [0.3, 0.4) is 0 Å². The van der Waals surface area contributed by atoms with Crippen LogP contribution in [-0.4, -0.2) is 73.6 Å². The van der Waals surface area contributed by atoms with E-state index in [0.29, 0.717) is 44.6 Å². The molecule has 1 N–H and O–H groups in total. The Kier molecular flexibility index (Phi) is 7.43. The molecule has 2 fully saturated rings. The highest BCUT2D eigenvalue weighted by Gasteiger charge is 2.42. The molecule has 144 valence electrons. The summed E-state index contributed by atoms with van der Waals surface area (Å²) < 4.78 is 5.67. The second-order valence-electron chi connectivity index (χ2n) is 6.75. The van der Waals surface area contributed by atoms with Crippen LogP contribution in [-0.2, 0) is 9.53 Å². The minimum absolute atomic E-state index is 0. The van der Waals surface area contributed by atoms with Crippen LogP contribution in [0.25, 0.3) is 0 Å². The fraction of sp³-hybridized carbons (Fsp3) is 0.579. The molecule has 0 atom stereocenters. The van der Waals surface area contributed by atoms with Crippen molar-refractivity contribution in [2.24, 2.45) is 0 Å². The lowest BCUT2D eigenvalue weighted by atomic mass is 9.90. The normalized spacial score (nSPS) is 20.0. The molecule has 2 heterocycles. The van der Waals surface area contributed by atoms with Crippen molar-refractivity contribution in [3.63, 3.8) is 0 Å². The topological polar surface area (TPSA) is 61.9 Å². The highest BCUT2D eigenvalue weighted by Crippen LogP contribution is 2.26. The van der Waals surface area contributed by atoms with E-state index < -0.39 is 5.60 Å². The van der Waals surface area contributed by atoms with Gasteiger partial charge in [-0.1, -0.05) is 18.2 Å². The number of ether oxygens (including phenoxy) is 1. The average Bonchev–Trinajstić information content (AvgIpc) is 2.94. The minimum atomic E-state index is -0.705. The first kappa shape index (κ1) is 20.7. The number of carbonyl (C=O) groups is 2. The lowest BCUT2D eigenvalue weighted by Gasteiger charge is -2.38. The van der Waals surface area contributed by atoms with Gasteiger partial charge in [-0.15, -0.1) is 12.4 Å². The number of methoxy groups -OCH3 is 1. The molecule has 2 saturated heterocycles. The van der Waals surface area contributed by atoms with E-state index in [4.69, 9.17) is 4.74 Å². The Hall–Kier alpha value is -1.63. The van der Waals surface area contributed by atoms with Crippen LogP contribution in [0.2, 0.25) is 0 Å². The van der Waals surface area contributed by atoms with Gasteiger partial charge in [0.15, 0.2) is 0 Å². The summed E-state index contributed by atoms with van der Waals surface area (Å²) in [5, 5.41) is 3.28. The van der Waals surface area contributed by atoms with Crippen LogP contribution < -0.4 is 5.32 Å². The Morgan fingerprint density at radius 2 is 1.62 bits per heavy atom. The molecule has 1 aromatic rings. The molecule has 2 aliphatic rings. The summed E-state index contributed by atoms with van der Waals surface area (Å²) >= 11 is 0. The van der Waals surface area contributed by atoms with Crippen LogP contribution >= 0.6 is 12.4 Å². The summed E-state index contributed by atoms with van der Waals surface area (Å²) in [5.74, 6) is 0.115. The van der Waals surface area contributed by atoms with Crippen molar-refractivity contribution in [2.75, 3.05) is 46.4 Å². The summed E-state index contributed by atoms with van der Waals surface area (Å²) in [6, 6.07) is 9.33. The van der Waals surface area contributed by atoms with Crippen molar-refractivity contribution in [3.05, 3.63) is 35.9 Å². The van der Waals surface area contributed by atoms with E-state index in [1.165, 1.54) is 0 Å². The zero-order chi connectivity index (χ0) is 17.7. The van der Waals surface area contributed by atoms with E-state index >= 15 is 0 Å². The summed E-state index contributed by atoms with van der Waals surface area (Å²) in [7, 11) is 1.63. The Morgan fingerprint density at radius 1 is 1.00 bits per heavy atom. The Bertz CT molecular complexity index is 605. The predicted octanol–water partition coefficient (Wildman–Crippen LogP) is 1.55. The number of rotatable bonds is 3. The van der Waals surface area contributed by atoms with Gasteiger partial charge < -0.3 is 19.9 Å². The molecular weight excluding hydrogens is 354 g/mol. The number of benzene rings is 1. The number of halogens is 1.